The molecule has 84 valence electrons. The van der Waals surface area contributed by atoms with Crippen molar-refractivity contribution < 1.29 is 19.1 Å². The molecule has 1 aliphatic rings. The van der Waals surface area contributed by atoms with Gasteiger partial charge in [-0.15, -0.1) is 0 Å². The average Bonchev–Trinajstić information content (AvgIpc) is 2.18. The lowest BCUT2D eigenvalue weighted by molar-refractivity contribution is -0.137. The number of carboxylic acid groups (broad SMARTS) is 1. The van der Waals surface area contributed by atoms with E-state index < -0.39 is 23.7 Å². The molecule has 1 aliphatic heterocycles. The maximum absolute atomic E-state index is 12.9. The molecule has 2 rings (SSSR count). The largest absolute Gasteiger partial charge is 0.481 e. The molecule has 0 bridgehead atoms. The van der Waals surface area contributed by atoms with Crippen molar-refractivity contribution in [3.05, 3.63) is 35.1 Å². The lowest BCUT2D eigenvalue weighted by atomic mass is 9.93. The predicted molar refractivity (Wildman–Crippen MR) is 53.6 cm³/mol. The minimum atomic E-state index is -0.962. The molecule has 0 radical (unpaired) electrons. The Kier molecular flexibility index (Phi) is 2.60. The van der Waals surface area contributed by atoms with Crippen molar-refractivity contribution in [1.82, 2.24) is 5.32 Å². The molecule has 16 heavy (non-hydrogen) atoms. The summed E-state index contributed by atoms with van der Waals surface area (Å²) in [5.41, 5.74) is 0.984. The first-order valence-electron chi connectivity index (χ1n) is 4.87. The number of hydrogen-bond acceptors (Lipinski definition) is 2. The third-order valence-corrected chi connectivity index (χ3v) is 2.54. The van der Waals surface area contributed by atoms with Crippen LogP contribution in [0.4, 0.5) is 4.39 Å². The highest BCUT2D eigenvalue weighted by Gasteiger charge is 2.25. The van der Waals surface area contributed by atoms with Crippen LogP contribution in [0.1, 0.15) is 22.3 Å². The van der Waals surface area contributed by atoms with Gasteiger partial charge in [0, 0.05) is 11.6 Å². The summed E-state index contributed by atoms with van der Waals surface area (Å²) in [5, 5.41) is 11.2. The van der Waals surface area contributed by atoms with Crippen molar-refractivity contribution in [1.29, 1.82) is 0 Å². The standard InChI is InChI=1S/C11H10FNO3/c12-7-2-1-6-3-8(5-10(14)15)13-11(16)9(6)4-7/h1-2,4,8H,3,5H2,(H,13,16)(H,14,15). The Morgan fingerprint density at radius 2 is 2.31 bits per heavy atom. The Hall–Kier alpha value is -1.91. The fourth-order valence-corrected chi connectivity index (χ4v) is 1.85. The number of amides is 1. The lowest BCUT2D eigenvalue weighted by Crippen LogP contribution is -2.42. The summed E-state index contributed by atoms with van der Waals surface area (Å²) in [7, 11) is 0. The van der Waals surface area contributed by atoms with E-state index in [2.05, 4.69) is 5.32 Å². The fourth-order valence-electron chi connectivity index (χ4n) is 1.85. The number of rotatable bonds is 2. The van der Waals surface area contributed by atoms with E-state index >= 15 is 0 Å². The molecule has 1 atom stereocenters. The Balaban J connectivity index is 2.26. The van der Waals surface area contributed by atoms with Crippen molar-refractivity contribution in [3.8, 4) is 0 Å². The molecule has 1 unspecified atom stereocenters. The normalized spacial score (nSPS) is 18.8. The van der Waals surface area contributed by atoms with Gasteiger partial charge in [0.05, 0.1) is 6.42 Å². The summed E-state index contributed by atoms with van der Waals surface area (Å²) in [5.74, 6) is -1.84. The van der Waals surface area contributed by atoms with E-state index in [1.807, 2.05) is 0 Å². The molecule has 4 nitrogen and oxygen atoms in total. The zero-order valence-electron chi connectivity index (χ0n) is 8.37. The van der Waals surface area contributed by atoms with Crippen LogP contribution in [0, 0.1) is 5.82 Å². The average molecular weight is 223 g/mol. The van der Waals surface area contributed by atoms with Crippen LogP contribution in [0.3, 0.4) is 0 Å². The second-order valence-corrected chi connectivity index (χ2v) is 3.77. The number of nitrogens with one attached hydrogen (secondary N) is 1. The van der Waals surface area contributed by atoms with Crippen LogP contribution < -0.4 is 5.32 Å². The SMILES string of the molecule is O=C(O)CC1Cc2ccc(F)cc2C(=O)N1. The summed E-state index contributed by atoms with van der Waals surface area (Å²) in [6.45, 7) is 0. The van der Waals surface area contributed by atoms with Crippen molar-refractivity contribution >= 4 is 11.9 Å². The second-order valence-electron chi connectivity index (χ2n) is 3.77. The fraction of sp³-hybridized carbons (Fsp3) is 0.273. The van der Waals surface area contributed by atoms with Crippen LogP contribution in [-0.4, -0.2) is 23.0 Å². The van der Waals surface area contributed by atoms with Gasteiger partial charge in [0.2, 0.25) is 0 Å². The molecule has 0 aliphatic carbocycles. The number of halogens is 1. The number of benzene rings is 1. The molecule has 0 saturated heterocycles. The molecule has 1 aromatic carbocycles. The Morgan fingerprint density at radius 1 is 1.56 bits per heavy atom. The van der Waals surface area contributed by atoms with E-state index in [9.17, 15) is 14.0 Å². The number of hydrogen-bond donors (Lipinski definition) is 2. The van der Waals surface area contributed by atoms with Crippen LogP contribution in [0.15, 0.2) is 18.2 Å². The number of aliphatic carboxylic acids is 1. The van der Waals surface area contributed by atoms with Gasteiger partial charge in [-0.3, -0.25) is 9.59 Å². The van der Waals surface area contributed by atoms with Gasteiger partial charge in [-0.25, -0.2) is 4.39 Å². The lowest BCUT2D eigenvalue weighted by Gasteiger charge is -2.24. The quantitative estimate of drug-likeness (QED) is 0.784. The van der Waals surface area contributed by atoms with Gasteiger partial charge in [-0.05, 0) is 24.1 Å². The van der Waals surface area contributed by atoms with Gasteiger partial charge in [0.15, 0.2) is 0 Å². The molecule has 0 aromatic heterocycles. The van der Waals surface area contributed by atoms with E-state index in [0.29, 0.717) is 17.5 Å². The summed E-state index contributed by atoms with van der Waals surface area (Å²) in [4.78, 5) is 22.1. The van der Waals surface area contributed by atoms with Crippen molar-refractivity contribution in [2.24, 2.45) is 0 Å². The van der Waals surface area contributed by atoms with Gasteiger partial charge < -0.3 is 10.4 Å². The molecular formula is C11H10FNO3. The molecule has 0 spiro atoms. The summed E-state index contributed by atoms with van der Waals surface area (Å²) < 4.78 is 12.9. The van der Waals surface area contributed by atoms with Crippen LogP contribution >= 0.6 is 0 Å². The topological polar surface area (TPSA) is 66.4 Å². The first-order chi connectivity index (χ1) is 7.56. The van der Waals surface area contributed by atoms with Crippen molar-refractivity contribution in [2.75, 3.05) is 0 Å². The summed E-state index contributed by atoms with van der Waals surface area (Å²) in [6, 6.07) is 3.55. The highest BCUT2D eigenvalue weighted by Crippen LogP contribution is 2.19. The Labute approximate surface area is 91.1 Å². The third-order valence-electron chi connectivity index (χ3n) is 2.54. The number of carboxylic acids is 1. The minimum absolute atomic E-state index is 0.122. The highest BCUT2D eigenvalue weighted by molar-refractivity contribution is 5.97. The van der Waals surface area contributed by atoms with E-state index in [-0.39, 0.29) is 6.42 Å². The van der Waals surface area contributed by atoms with E-state index in [1.165, 1.54) is 18.2 Å². The van der Waals surface area contributed by atoms with Crippen molar-refractivity contribution in [3.63, 3.8) is 0 Å². The first-order valence-corrected chi connectivity index (χ1v) is 4.87. The van der Waals surface area contributed by atoms with Gasteiger partial charge >= 0.3 is 5.97 Å². The second kappa shape index (κ2) is 3.92. The Bertz CT molecular complexity index is 459. The van der Waals surface area contributed by atoms with Gasteiger partial charge in [0.25, 0.3) is 5.91 Å². The van der Waals surface area contributed by atoms with Crippen LogP contribution in [0.5, 0.6) is 0 Å². The molecule has 1 aromatic rings. The van der Waals surface area contributed by atoms with Crippen LogP contribution in [-0.2, 0) is 11.2 Å². The number of carbonyl (C=O) groups excluding carboxylic acids is 1. The molecule has 1 amide bonds. The molecule has 5 heteroatoms. The van der Waals surface area contributed by atoms with E-state index in [0.717, 1.165) is 0 Å². The molecule has 1 heterocycles. The van der Waals surface area contributed by atoms with Gasteiger partial charge in [0.1, 0.15) is 5.82 Å². The van der Waals surface area contributed by atoms with Crippen molar-refractivity contribution in [2.45, 2.75) is 18.9 Å². The first kappa shape index (κ1) is 10.6. The predicted octanol–water partition coefficient (Wildman–Crippen LogP) is 0.955. The van der Waals surface area contributed by atoms with Gasteiger partial charge in [-0.1, -0.05) is 6.07 Å². The maximum atomic E-state index is 12.9. The Morgan fingerprint density at radius 3 is 3.00 bits per heavy atom. The zero-order chi connectivity index (χ0) is 11.7. The summed E-state index contributed by atoms with van der Waals surface area (Å²) in [6.07, 6.45) is 0.302. The van der Waals surface area contributed by atoms with E-state index in [1.54, 1.807) is 0 Å². The zero-order valence-corrected chi connectivity index (χ0v) is 8.37. The van der Waals surface area contributed by atoms with Crippen LogP contribution in [0.2, 0.25) is 0 Å². The minimum Gasteiger partial charge on any atom is -0.481 e. The molecule has 0 fully saturated rings. The molecule has 2 N–H and O–H groups in total. The highest BCUT2D eigenvalue weighted by atomic mass is 19.1. The maximum Gasteiger partial charge on any atom is 0.305 e. The van der Waals surface area contributed by atoms with Gasteiger partial charge in [-0.2, -0.15) is 0 Å². The number of fused-ring (bicyclic) bond motifs is 1. The summed E-state index contributed by atoms with van der Waals surface area (Å²) >= 11 is 0. The molecular weight excluding hydrogens is 213 g/mol. The number of carbonyl (C=O) groups is 2. The van der Waals surface area contributed by atoms with E-state index in [4.69, 9.17) is 5.11 Å². The smallest absolute Gasteiger partial charge is 0.305 e. The van der Waals surface area contributed by atoms with Crippen LogP contribution in [0.25, 0.3) is 0 Å². The monoisotopic (exact) mass is 223 g/mol. The molecule has 0 saturated carbocycles. The third kappa shape index (κ3) is 2.03.